The lowest BCUT2D eigenvalue weighted by Gasteiger charge is -2.32. The molecule has 1 aromatic heterocycles. The van der Waals surface area contributed by atoms with Crippen LogP contribution in [0, 0.1) is 0 Å². The first kappa shape index (κ1) is 13.6. The first-order valence-corrected chi connectivity index (χ1v) is 6.25. The molecule has 2 rings (SSSR count). The molecule has 0 saturated carbocycles. The van der Waals surface area contributed by atoms with Crippen LogP contribution in [0.5, 0.6) is 0 Å². The van der Waals surface area contributed by atoms with Crippen molar-refractivity contribution < 1.29 is 13.3 Å². The average molecular weight is 281 g/mol. The van der Waals surface area contributed by atoms with Gasteiger partial charge in [0.05, 0.1) is 6.04 Å². The Morgan fingerprint density at radius 2 is 2.17 bits per heavy atom. The Morgan fingerprint density at radius 3 is 2.67 bits per heavy atom. The smallest absolute Gasteiger partial charge is 0.331 e. The van der Waals surface area contributed by atoms with Crippen LogP contribution in [0.15, 0.2) is 4.52 Å². The van der Waals surface area contributed by atoms with Gasteiger partial charge < -0.3 is 9.84 Å². The Balaban J connectivity index is 2.14. The maximum Gasteiger partial charge on any atom is 0.400 e. The Bertz CT molecular complexity index is 389. The van der Waals surface area contributed by atoms with Gasteiger partial charge in [0.15, 0.2) is 5.82 Å². The van der Waals surface area contributed by atoms with E-state index in [0.29, 0.717) is 0 Å². The van der Waals surface area contributed by atoms with Gasteiger partial charge in [0.25, 0.3) is 0 Å². The third-order valence-corrected chi connectivity index (χ3v) is 3.12. The first-order valence-electron chi connectivity index (χ1n) is 5.88. The third kappa shape index (κ3) is 2.96. The van der Waals surface area contributed by atoms with E-state index in [9.17, 15) is 8.78 Å². The molecule has 2 heterocycles. The maximum atomic E-state index is 12.8. The molecule has 102 valence electrons. The summed E-state index contributed by atoms with van der Waals surface area (Å²) in [7, 11) is 0. The molecule has 1 saturated heterocycles. The lowest BCUT2D eigenvalue weighted by Crippen LogP contribution is -2.45. The van der Waals surface area contributed by atoms with E-state index in [2.05, 4.69) is 24.9 Å². The molecule has 1 fully saturated rings. The van der Waals surface area contributed by atoms with Gasteiger partial charge in [0.1, 0.15) is 0 Å². The Morgan fingerprint density at radius 1 is 1.50 bits per heavy atom. The standard InChI is InChI=1S/C10H15ClF2N4O/c1-2-7(17-5-3-14-4-6-17)8-15-9(18-16-8)10(11,12)13/h7,14H,2-6H2,1H3. The summed E-state index contributed by atoms with van der Waals surface area (Å²) in [6.45, 7) is 5.36. The van der Waals surface area contributed by atoms with Gasteiger partial charge in [-0.2, -0.15) is 13.8 Å². The zero-order valence-electron chi connectivity index (χ0n) is 10.00. The highest BCUT2D eigenvalue weighted by molar-refractivity contribution is 6.21. The fourth-order valence-corrected chi connectivity index (χ4v) is 2.16. The molecule has 1 atom stereocenters. The molecular weight excluding hydrogens is 266 g/mol. The minimum Gasteiger partial charge on any atom is -0.331 e. The van der Waals surface area contributed by atoms with Crippen LogP contribution in [-0.2, 0) is 5.38 Å². The van der Waals surface area contributed by atoms with Crippen molar-refractivity contribution in [3.63, 3.8) is 0 Å². The van der Waals surface area contributed by atoms with Gasteiger partial charge in [0.2, 0.25) is 0 Å². The van der Waals surface area contributed by atoms with Gasteiger partial charge in [-0.1, -0.05) is 12.1 Å². The Kier molecular flexibility index (Phi) is 4.14. The number of nitrogens with zero attached hydrogens (tertiary/aromatic N) is 3. The highest BCUT2D eigenvalue weighted by Gasteiger charge is 2.37. The van der Waals surface area contributed by atoms with Crippen LogP contribution in [-0.4, -0.2) is 41.2 Å². The van der Waals surface area contributed by atoms with Crippen molar-refractivity contribution in [1.82, 2.24) is 20.4 Å². The second-order valence-corrected chi connectivity index (χ2v) is 4.64. The summed E-state index contributed by atoms with van der Waals surface area (Å²) in [5.74, 6) is -0.567. The fourth-order valence-electron chi connectivity index (χ4n) is 2.08. The molecule has 0 aliphatic carbocycles. The van der Waals surface area contributed by atoms with E-state index < -0.39 is 11.3 Å². The summed E-state index contributed by atoms with van der Waals surface area (Å²) in [5, 5.41) is 3.24. The van der Waals surface area contributed by atoms with Crippen LogP contribution >= 0.6 is 11.6 Å². The SMILES string of the molecule is CCC(c1noc(C(F)(F)Cl)n1)N1CCNCC1. The molecule has 0 bridgehead atoms. The van der Waals surface area contributed by atoms with Crippen LogP contribution in [0.3, 0.4) is 0 Å². The molecule has 1 unspecified atom stereocenters. The second kappa shape index (κ2) is 5.46. The normalized spacial score (nSPS) is 20.0. The van der Waals surface area contributed by atoms with Crippen molar-refractivity contribution in [1.29, 1.82) is 0 Å². The minimum absolute atomic E-state index is 0.108. The summed E-state index contributed by atoms with van der Waals surface area (Å²) < 4.78 is 30.2. The van der Waals surface area contributed by atoms with E-state index >= 15 is 0 Å². The second-order valence-electron chi connectivity index (χ2n) is 4.17. The molecule has 8 heteroatoms. The third-order valence-electron chi connectivity index (χ3n) is 2.96. The van der Waals surface area contributed by atoms with E-state index in [4.69, 9.17) is 11.6 Å². The summed E-state index contributed by atoms with van der Waals surface area (Å²) in [6, 6.07) is -0.108. The number of hydrogen-bond donors (Lipinski definition) is 1. The first-order chi connectivity index (χ1) is 8.52. The summed E-state index contributed by atoms with van der Waals surface area (Å²) >= 11 is 4.85. The largest absolute Gasteiger partial charge is 0.400 e. The minimum atomic E-state index is -3.60. The lowest BCUT2D eigenvalue weighted by atomic mass is 10.1. The highest BCUT2D eigenvalue weighted by atomic mass is 35.5. The van der Waals surface area contributed by atoms with E-state index in [1.165, 1.54) is 0 Å². The fraction of sp³-hybridized carbons (Fsp3) is 0.800. The molecule has 1 aliphatic heterocycles. The number of hydrogen-bond acceptors (Lipinski definition) is 5. The van der Waals surface area contributed by atoms with Gasteiger partial charge in [-0.15, -0.1) is 0 Å². The Labute approximate surface area is 108 Å². The molecule has 0 aromatic carbocycles. The molecule has 0 amide bonds. The number of rotatable bonds is 4. The van der Waals surface area contributed by atoms with Crippen LogP contribution < -0.4 is 5.32 Å². The number of halogens is 3. The van der Waals surface area contributed by atoms with Crippen molar-refractivity contribution in [2.45, 2.75) is 24.8 Å². The molecule has 0 spiro atoms. The number of alkyl halides is 3. The van der Waals surface area contributed by atoms with Crippen molar-refractivity contribution in [2.24, 2.45) is 0 Å². The van der Waals surface area contributed by atoms with E-state index in [1.54, 1.807) is 0 Å². The number of piperazine rings is 1. The maximum absolute atomic E-state index is 12.8. The zero-order chi connectivity index (χ0) is 13.2. The van der Waals surface area contributed by atoms with Gasteiger partial charge in [-0.3, -0.25) is 4.90 Å². The van der Waals surface area contributed by atoms with Gasteiger partial charge in [-0.05, 0) is 18.0 Å². The topological polar surface area (TPSA) is 54.2 Å². The average Bonchev–Trinajstić information content (AvgIpc) is 2.81. The molecule has 0 radical (unpaired) electrons. The zero-order valence-corrected chi connectivity index (χ0v) is 10.8. The van der Waals surface area contributed by atoms with Gasteiger partial charge in [-0.25, -0.2) is 0 Å². The molecule has 1 aromatic rings. The highest BCUT2D eigenvalue weighted by Crippen LogP contribution is 2.32. The summed E-state index contributed by atoms with van der Waals surface area (Å²) in [4.78, 5) is 5.86. The molecule has 1 aliphatic rings. The summed E-state index contributed by atoms with van der Waals surface area (Å²) in [5.41, 5.74) is 0. The quantitative estimate of drug-likeness (QED) is 0.851. The van der Waals surface area contributed by atoms with Crippen LogP contribution in [0.2, 0.25) is 0 Å². The van der Waals surface area contributed by atoms with E-state index in [-0.39, 0.29) is 11.9 Å². The number of nitrogens with one attached hydrogen (secondary N) is 1. The van der Waals surface area contributed by atoms with Crippen LogP contribution in [0.25, 0.3) is 0 Å². The Hall–Kier alpha value is -0.790. The summed E-state index contributed by atoms with van der Waals surface area (Å²) in [6.07, 6.45) is 0.729. The molecule has 18 heavy (non-hydrogen) atoms. The predicted molar refractivity (Wildman–Crippen MR) is 61.5 cm³/mol. The molecular formula is C10H15ClF2N4O. The van der Waals surface area contributed by atoms with Crippen molar-refractivity contribution >= 4 is 11.6 Å². The predicted octanol–water partition coefficient (Wildman–Crippen LogP) is 1.71. The van der Waals surface area contributed by atoms with Crippen molar-refractivity contribution in [2.75, 3.05) is 26.2 Å². The van der Waals surface area contributed by atoms with Crippen molar-refractivity contribution in [3.8, 4) is 0 Å². The van der Waals surface area contributed by atoms with E-state index in [1.807, 2.05) is 6.92 Å². The number of aromatic nitrogens is 2. The van der Waals surface area contributed by atoms with Gasteiger partial charge in [0, 0.05) is 26.2 Å². The molecule has 1 N–H and O–H groups in total. The van der Waals surface area contributed by atoms with Crippen LogP contribution in [0.1, 0.15) is 31.1 Å². The van der Waals surface area contributed by atoms with E-state index in [0.717, 1.165) is 32.6 Å². The van der Waals surface area contributed by atoms with Crippen LogP contribution in [0.4, 0.5) is 8.78 Å². The van der Waals surface area contributed by atoms with Gasteiger partial charge >= 0.3 is 11.3 Å². The lowest BCUT2D eigenvalue weighted by molar-refractivity contribution is 0.0550. The monoisotopic (exact) mass is 280 g/mol. The molecule has 5 nitrogen and oxygen atoms in total. The van der Waals surface area contributed by atoms with Crippen molar-refractivity contribution in [3.05, 3.63) is 11.7 Å².